The minimum atomic E-state index is -3.86. The molecule has 0 aliphatic carbocycles. The lowest BCUT2D eigenvalue weighted by atomic mass is 10.0. The number of benzene rings is 2. The quantitative estimate of drug-likeness (QED) is 0.494. The topological polar surface area (TPSA) is 133 Å². The van der Waals surface area contributed by atoms with E-state index in [-0.39, 0.29) is 48.5 Å². The first kappa shape index (κ1) is 29.2. The summed E-state index contributed by atoms with van der Waals surface area (Å²) in [5.41, 5.74) is 0.710. The number of halogens is 1. The molecule has 1 aliphatic heterocycles. The molecule has 2 aromatic carbocycles. The van der Waals surface area contributed by atoms with Gasteiger partial charge in [0.15, 0.2) is 0 Å². The highest BCUT2D eigenvalue weighted by Crippen LogP contribution is 2.30. The Labute approximate surface area is 223 Å². The van der Waals surface area contributed by atoms with Gasteiger partial charge in [0, 0.05) is 35.8 Å². The first-order valence-corrected chi connectivity index (χ1v) is 15.3. The number of hydrogen-bond acceptors (Lipinski definition) is 7. The Morgan fingerprint density at radius 1 is 1.19 bits per heavy atom. The molecular formula is C24H32ClN3O7S2. The van der Waals surface area contributed by atoms with E-state index in [0.29, 0.717) is 16.3 Å². The number of fused-ring (bicyclic) bond motifs is 1. The summed E-state index contributed by atoms with van der Waals surface area (Å²) < 4.78 is 59.7. The molecule has 0 fully saturated rings. The number of aliphatic hydroxyl groups is 1. The van der Waals surface area contributed by atoms with Crippen LogP contribution in [-0.2, 0) is 31.3 Å². The third-order valence-corrected chi connectivity index (χ3v) is 8.87. The van der Waals surface area contributed by atoms with Crippen LogP contribution >= 0.6 is 11.6 Å². The van der Waals surface area contributed by atoms with Crippen LogP contribution in [0.2, 0.25) is 5.02 Å². The molecule has 0 radical (unpaired) electrons. The molecule has 0 saturated heterocycles. The first-order valence-electron chi connectivity index (χ1n) is 11.6. The van der Waals surface area contributed by atoms with E-state index in [2.05, 4.69) is 4.72 Å². The van der Waals surface area contributed by atoms with Crippen molar-refractivity contribution in [1.82, 2.24) is 9.21 Å². The molecule has 204 valence electrons. The molecule has 0 spiro atoms. The largest absolute Gasteiger partial charge is 0.488 e. The van der Waals surface area contributed by atoms with E-state index in [0.717, 1.165) is 6.26 Å². The lowest BCUT2D eigenvalue weighted by molar-refractivity contribution is -0.134. The molecule has 1 amide bonds. The van der Waals surface area contributed by atoms with Gasteiger partial charge in [-0.25, -0.2) is 16.8 Å². The monoisotopic (exact) mass is 573 g/mol. The van der Waals surface area contributed by atoms with Crippen LogP contribution in [0.5, 0.6) is 5.75 Å². The Morgan fingerprint density at radius 2 is 1.84 bits per heavy atom. The molecule has 3 rings (SSSR count). The van der Waals surface area contributed by atoms with Crippen LogP contribution in [0.15, 0.2) is 47.4 Å². The third-order valence-electron chi connectivity index (χ3n) is 6.18. The van der Waals surface area contributed by atoms with Gasteiger partial charge < -0.3 is 14.7 Å². The van der Waals surface area contributed by atoms with Crippen molar-refractivity contribution in [3.63, 3.8) is 0 Å². The van der Waals surface area contributed by atoms with Crippen LogP contribution in [-0.4, -0.2) is 82.2 Å². The number of ether oxygens (including phenoxy) is 1. The van der Waals surface area contributed by atoms with Gasteiger partial charge in [-0.05, 0) is 49.4 Å². The van der Waals surface area contributed by atoms with E-state index < -0.39 is 32.2 Å². The fourth-order valence-electron chi connectivity index (χ4n) is 4.06. The van der Waals surface area contributed by atoms with Crippen molar-refractivity contribution >= 4 is 43.2 Å². The molecular weight excluding hydrogens is 542 g/mol. The van der Waals surface area contributed by atoms with Crippen LogP contribution in [0.25, 0.3) is 0 Å². The number of likely N-dealkylation sites (N-methyl/N-ethyl adjacent to an activating group) is 1. The second-order valence-electron chi connectivity index (χ2n) is 9.32. The van der Waals surface area contributed by atoms with Crippen LogP contribution in [0, 0.1) is 5.92 Å². The van der Waals surface area contributed by atoms with E-state index in [9.17, 15) is 26.7 Å². The Hall–Kier alpha value is -2.38. The molecule has 2 aromatic rings. The number of nitrogens with one attached hydrogen (secondary N) is 1. The number of nitrogens with zero attached hydrogens (tertiary/aromatic N) is 2. The summed E-state index contributed by atoms with van der Waals surface area (Å²) in [6.07, 6.45) is 0.270. The minimum absolute atomic E-state index is 0.0234. The van der Waals surface area contributed by atoms with Crippen LogP contribution in [0.1, 0.15) is 19.4 Å². The van der Waals surface area contributed by atoms with Gasteiger partial charge in [-0.2, -0.15) is 4.31 Å². The summed E-state index contributed by atoms with van der Waals surface area (Å²) in [5, 5.41) is 10.2. The smallest absolute Gasteiger partial charge is 0.242 e. The Morgan fingerprint density at radius 3 is 2.43 bits per heavy atom. The van der Waals surface area contributed by atoms with Gasteiger partial charge in [0.25, 0.3) is 0 Å². The van der Waals surface area contributed by atoms with Crippen molar-refractivity contribution in [3.8, 4) is 5.75 Å². The van der Waals surface area contributed by atoms with E-state index >= 15 is 0 Å². The normalized spacial score (nSPS) is 19.9. The predicted molar refractivity (Wildman–Crippen MR) is 142 cm³/mol. The number of aliphatic hydroxyl groups excluding tert-OH is 1. The Bertz CT molecular complexity index is 1330. The maximum Gasteiger partial charge on any atom is 0.242 e. The zero-order chi connectivity index (χ0) is 27.5. The van der Waals surface area contributed by atoms with Gasteiger partial charge >= 0.3 is 0 Å². The van der Waals surface area contributed by atoms with Crippen molar-refractivity contribution in [2.24, 2.45) is 5.92 Å². The van der Waals surface area contributed by atoms with E-state index in [1.54, 1.807) is 17.9 Å². The standard InChI is InChI=1S/C24H32ClN3O7S2/c1-16-13-28(17(2)15-29)24(30)12-18-11-20(26-36(4,31)32)7-10-22(18)35-23(16)14-27(3)37(33,34)21-8-5-19(25)6-9-21/h5-11,16-17,23,26,29H,12-15H2,1-4H3/t16-,17-,23+/m0/s1. The summed E-state index contributed by atoms with van der Waals surface area (Å²) in [4.78, 5) is 14.9. The van der Waals surface area contributed by atoms with Crippen LogP contribution in [0.4, 0.5) is 5.69 Å². The van der Waals surface area contributed by atoms with Crippen molar-refractivity contribution in [1.29, 1.82) is 0 Å². The van der Waals surface area contributed by atoms with E-state index in [1.807, 2.05) is 6.92 Å². The number of anilines is 1. The Kier molecular flexibility index (Phi) is 9.12. The number of rotatable bonds is 8. The lowest BCUT2D eigenvalue weighted by Gasteiger charge is -2.33. The average Bonchev–Trinajstić information content (AvgIpc) is 2.85. The number of sulfonamides is 2. The summed E-state index contributed by atoms with van der Waals surface area (Å²) in [6, 6.07) is 9.98. The van der Waals surface area contributed by atoms with Gasteiger partial charge in [-0.3, -0.25) is 9.52 Å². The fraction of sp³-hybridized carbons (Fsp3) is 0.458. The van der Waals surface area contributed by atoms with E-state index in [4.69, 9.17) is 16.3 Å². The molecule has 0 unspecified atom stereocenters. The average molecular weight is 574 g/mol. The number of amides is 1. The number of carbonyl (C=O) groups is 1. The molecule has 0 saturated carbocycles. The third kappa shape index (κ3) is 7.35. The van der Waals surface area contributed by atoms with Crippen molar-refractivity contribution in [3.05, 3.63) is 53.1 Å². The van der Waals surface area contributed by atoms with Gasteiger partial charge in [0.05, 0.1) is 36.8 Å². The highest BCUT2D eigenvalue weighted by molar-refractivity contribution is 7.92. The molecule has 2 N–H and O–H groups in total. The predicted octanol–water partition coefficient (Wildman–Crippen LogP) is 2.18. The molecule has 0 bridgehead atoms. The van der Waals surface area contributed by atoms with Gasteiger partial charge in [0.2, 0.25) is 26.0 Å². The highest BCUT2D eigenvalue weighted by Gasteiger charge is 2.33. The van der Waals surface area contributed by atoms with Gasteiger partial charge in [0.1, 0.15) is 11.9 Å². The fourth-order valence-corrected chi connectivity index (χ4v) is 5.93. The molecule has 1 aliphatic rings. The zero-order valence-electron chi connectivity index (χ0n) is 21.1. The van der Waals surface area contributed by atoms with Gasteiger partial charge in [-0.15, -0.1) is 0 Å². The van der Waals surface area contributed by atoms with Crippen LogP contribution < -0.4 is 9.46 Å². The zero-order valence-corrected chi connectivity index (χ0v) is 23.5. The van der Waals surface area contributed by atoms with Gasteiger partial charge in [-0.1, -0.05) is 18.5 Å². The summed E-state index contributed by atoms with van der Waals surface area (Å²) in [7, 11) is -5.96. The number of carbonyl (C=O) groups excluding carboxylic acids is 1. The molecule has 3 atom stereocenters. The lowest BCUT2D eigenvalue weighted by Crippen LogP contribution is -2.48. The summed E-state index contributed by atoms with van der Waals surface area (Å²) in [5.74, 6) is -0.238. The van der Waals surface area contributed by atoms with E-state index in [1.165, 1.54) is 47.8 Å². The summed E-state index contributed by atoms with van der Waals surface area (Å²) >= 11 is 5.91. The van der Waals surface area contributed by atoms with Crippen molar-refractivity contribution in [2.45, 2.75) is 37.3 Å². The first-order chi connectivity index (χ1) is 17.2. The maximum atomic E-state index is 13.2. The highest BCUT2D eigenvalue weighted by atomic mass is 35.5. The summed E-state index contributed by atoms with van der Waals surface area (Å²) in [6.45, 7) is 3.52. The molecule has 13 heteroatoms. The maximum absolute atomic E-state index is 13.2. The second kappa shape index (κ2) is 11.6. The van der Waals surface area contributed by atoms with Crippen molar-refractivity contribution < 1.29 is 31.5 Å². The second-order valence-corrected chi connectivity index (χ2v) is 13.6. The molecule has 10 nitrogen and oxygen atoms in total. The molecule has 37 heavy (non-hydrogen) atoms. The number of hydrogen-bond donors (Lipinski definition) is 2. The van der Waals surface area contributed by atoms with Crippen LogP contribution in [0.3, 0.4) is 0 Å². The molecule has 1 heterocycles. The molecule has 0 aromatic heterocycles. The minimum Gasteiger partial charge on any atom is -0.488 e. The van der Waals surface area contributed by atoms with Crippen molar-refractivity contribution in [2.75, 3.05) is 37.7 Å². The Balaban J connectivity index is 1.99. The SMILES string of the molecule is C[C@H]1CN([C@@H](C)CO)C(=O)Cc2cc(NS(C)(=O)=O)ccc2O[C@@H]1CN(C)S(=O)(=O)c1ccc(Cl)cc1.